The van der Waals surface area contributed by atoms with E-state index in [1.54, 1.807) is 22.8 Å². The minimum absolute atomic E-state index is 0.0705. The first-order chi connectivity index (χ1) is 11.6. The molecule has 0 radical (unpaired) electrons. The molecule has 1 aromatic carbocycles. The number of likely N-dealkylation sites (tertiary alicyclic amines) is 1. The Hall–Kier alpha value is -2.63. The highest BCUT2D eigenvalue weighted by Crippen LogP contribution is 2.36. The van der Waals surface area contributed by atoms with Crippen LogP contribution in [-0.2, 0) is 16.1 Å². The van der Waals surface area contributed by atoms with Crippen LogP contribution in [0.3, 0.4) is 0 Å². The quantitative estimate of drug-likeness (QED) is 0.938. The first-order valence-electron chi connectivity index (χ1n) is 8.24. The lowest BCUT2D eigenvalue weighted by Gasteiger charge is -2.38. The fourth-order valence-corrected chi connectivity index (χ4v) is 3.25. The smallest absolute Gasteiger partial charge is 0.230 e. The van der Waals surface area contributed by atoms with Crippen LogP contribution in [0.4, 0.5) is 5.69 Å². The molecule has 1 saturated heterocycles. The van der Waals surface area contributed by atoms with E-state index in [9.17, 15) is 9.59 Å². The highest BCUT2D eigenvalue weighted by atomic mass is 16.2. The Morgan fingerprint density at radius 1 is 1.33 bits per heavy atom. The van der Waals surface area contributed by atoms with Gasteiger partial charge in [-0.05, 0) is 18.9 Å². The van der Waals surface area contributed by atoms with Crippen LogP contribution in [0.25, 0.3) is 0 Å². The van der Waals surface area contributed by atoms with E-state index in [-0.39, 0.29) is 23.8 Å². The Balaban J connectivity index is 1.83. The molecule has 126 valence electrons. The number of benzene rings is 1. The maximum Gasteiger partial charge on any atom is 0.230 e. The van der Waals surface area contributed by atoms with Gasteiger partial charge in [-0.15, -0.1) is 0 Å². The van der Waals surface area contributed by atoms with Crippen molar-refractivity contribution < 1.29 is 9.59 Å². The maximum atomic E-state index is 12.8. The van der Waals surface area contributed by atoms with Gasteiger partial charge in [0.05, 0.1) is 23.8 Å². The summed E-state index contributed by atoms with van der Waals surface area (Å²) in [5.74, 6) is -0.273. The number of amides is 2. The molecular weight excluding hydrogens is 304 g/mol. The van der Waals surface area contributed by atoms with E-state index in [0.29, 0.717) is 18.5 Å². The van der Waals surface area contributed by atoms with Gasteiger partial charge in [0.25, 0.3) is 0 Å². The highest BCUT2D eigenvalue weighted by Gasteiger charge is 2.38. The predicted molar refractivity (Wildman–Crippen MR) is 91.2 cm³/mol. The van der Waals surface area contributed by atoms with Crippen molar-refractivity contribution in [3.8, 4) is 0 Å². The fourth-order valence-electron chi connectivity index (χ4n) is 3.25. The Morgan fingerprint density at radius 3 is 2.75 bits per heavy atom. The van der Waals surface area contributed by atoms with Crippen LogP contribution < -0.4 is 5.32 Å². The van der Waals surface area contributed by atoms with Crippen LogP contribution in [0.5, 0.6) is 0 Å². The highest BCUT2D eigenvalue weighted by molar-refractivity contribution is 5.94. The first kappa shape index (κ1) is 16.2. The minimum atomic E-state index is -0.278. The molecule has 1 N–H and O–H groups in total. The van der Waals surface area contributed by atoms with E-state index in [2.05, 4.69) is 10.4 Å². The summed E-state index contributed by atoms with van der Waals surface area (Å²) < 4.78 is 1.76. The van der Waals surface area contributed by atoms with Gasteiger partial charge in [0.2, 0.25) is 11.8 Å². The maximum absolute atomic E-state index is 12.8. The number of nitrogens with one attached hydrogen (secondary N) is 1. The molecule has 0 saturated carbocycles. The lowest BCUT2D eigenvalue weighted by molar-refractivity contribution is -0.140. The molecule has 3 rings (SSSR count). The molecule has 0 aliphatic carbocycles. The number of hydrogen-bond donors (Lipinski definition) is 1. The summed E-state index contributed by atoms with van der Waals surface area (Å²) in [4.78, 5) is 26.6. The van der Waals surface area contributed by atoms with E-state index < -0.39 is 0 Å². The summed E-state index contributed by atoms with van der Waals surface area (Å²) in [6.45, 7) is 2.74. The lowest BCUT2D eigenvalue weighted by Crippen LogP contribution is -2.44. The molecular formula is C18H22N4O2. The molecule has 0 unspecified atom stereocenters. The first-order valence-corrected chi connectivity index (χ1v) is 8.24. The molecule has 2 amide bonds. The lowest BCUT2D eigenvalue weighted by atomic mass is 9.84. The van der Waals surface area contributed by atoms with Crippen LogP contribution in [0.2, 0.25) is 0 Å². The number of hydrogen-bond acceptors (Lipinski definition) is 3. The summed E-state index contributed by atoms with van der Waals surface area (Å²) in [5, 5.41) is 7.12. The van der Waals surface area contributed by atoms with E-state index in [1.807, 2.05) is 43.5 Å². The zero-order chi connectivity index (χ0) is 17.1. The molecule has 6 nitrogen and oxygen atoms in total. The zero-order valence-electron chi connectivity index (χ0n) is 14.0. The van der Waals surface area contributed by atoms with E-state index >= 15 is 0 Å². The second-order valence-electron chi connectivity index (χ2n) is 6.08. The van der Waals surface area contributed by atoms with Crippen molar-refractivity contribution in [1.29, 1.82) is 0 Å². The Labute approximate surface area is 141 Å². The van der Waals surface area contributed by atoms with Gasteiger partial charge in [0.1, 0.15) is 0 Å². The number of aromatic nitrogens is 2. The Bertz CT molecular complexity index is 726. The summed E-state index contributed by atoms with van der Waals surface area (Å²) in [6.07, 6.45) is 4.41. The van der Waals surface area contributed by atoms with Crippen LogP contribution in [0.15, 0.2) is 42.7 Å². The Kier molecular flexibility index (Phi) is 4.64. The molecule has 24 heavy (non-hydrogen) atoms. The molecule has 0 spiro atoms. The van der Waals surface area contributed by atoms with Crippen molar-refractivity contribution in [3.63, 3.8) is 0 Å². The van der Waals surface area contributed by atoms with Crippen molar-refractivity contribution >= 4 is 17.5 Å². The fraction of sp³-hybridized carbons (Fsp3) is 0.389. The average Bonchev–Trinajstić information content (AvgIpc) is 3.05. The molecule has 1 aliphatic heterocycles. The molecule has 2 aromatic rings. The third kappa shape index (κ3) is 3.18. The number of aryl methyl sites for hydroxylation is 1. The normalized spacial score (nSPS) is 20.9. The van der Waals surface area contributed by atoms with Gasteiger partial charge in [0, 0.05) is 26.2 Å². The van der Waals surface area contributed by atoms with E-state index in [1.165, 1.54) is 0 Å². The SMILES string of the molecule is CCn1cc(NC(=O)[C@@H]2CCC(=O)N(C)[C@@H]2c2ccccc2)cn1. The third-order valence-corrected chi connectivity index (χ3v) is 4.56. The van der Waals surface area contributed by atoms with Crippen molar-refractivity contribution in [2.45, 2.75) is 32.4 Å². The van der Waals surface area contributed by atoms with E-state index in [0.717, 1.165) is 12.1 Å². The van der Waals surface area contributed by atoms with Crippen LogP contribution in [0.1, 0.15) is 31.4 Å². The minimum Gasteiger partial charge on any atom is -0.338 e. The molecule has 1 aliphatic rings. The number of rotatable bonds is 4. The number of nitrogens with zero attached hydrogens (tertiary/aromatic N) is 3. The molecule has 2 heterocycles. The van der Waals surface area contributed by atoms with Crippen molar-refractivity contribution in [2.75, 3.05) is 12.4 Å². The average molecular weight is 326 g/mol. The standard InChI is InChI=1S/C18H22N4O2/c1-3-22-12-14(11-19-22)20-18(24)15-9-10-16(23)21(2)17(15)13-7-5-4-6-8-13/h4-8,11-12,15,17H,3,9-10H2,1-2H3,(H,20,24)/t15-,17-/m1/s1. The van der Waals surface area contributed by atoms with Gasteiger partial charge < -0.3 is 10.2 Å². The number of anilines is 1. The number of piperidine rings is 1. The number of carbonyl (C=O) groups excluding carboxylic acids is 2. The van der Waals surface area contributed by atoms with Crippen LogP contribution >= 0.6 is 0 Å². The molecule has 6 heteroatoms. The molecule has 1 fully saturated rings. The topological polar surface area (TPSA) is 67.2 Å². The molecule has 0 bridgehead atoms. The predicted octanol–water partition coefficient (Wildman–Crippen LogP) is 2.45. The van der Waals surface area contributed by atoms with Gasteiger partial charge >= 0.3 is 0 Å². The van der Waals surface area contributed by atoms with Crippen molar-refractivity contribution in [2.24, 2.45) is 5.92 Å². The summed E-state index contributed by atoms with van der Waals surface area (Å²) in [6, 6.07) is 9.49. The second kappa shape index (κ2) is 6.86. The van der Waals surface area contributed by atoms with Crippen molar-refractivity contribution in [3.05, 3.63) is 48.3 Å². The van der Waals surface area contributed by atoms with Crippen LogP contribution in [-0.4, -0.2) is 33.5 Å². The summed E-state index contributed by atoms with van der Waals surface area (Å²) >= 11 is 0. The summed E-state index contributed by atoms with van der Waals surface area (Å²) in [7, 11) is 1.77. The van der Waals surface area contributed by atoms with Crippen LogP contribution in [0, 0.1) is 5.92 Å². The number of carbonyl (C=O) groups is 2. The third-order valence-electron chi connectivity index (χ3n) is 4.56. The molecule has 2 atom stereocenters. The molecule has 1 aromatic heterocycles. The van der Waals surface area contributed by atoms with Gasteiger partial charge in [-0.2, -0.15) is 5.10 Å². The van der Waals surface area contributed by atoms with Gasteiger partial charge in [-0.1, -0.05) is 30.3 Å². The van der Waals surface area contributed by atoms with E-state index in [4.69, 9.17) is 0 Å². The summed E-state index contributed by atoms with van der Waals surface area (Å²) in [5.41, 5.74) is 1.67. The van der Waals surface area contributed by atoms with Gasteiger partial charge in [-0.3, -0.25) is 14.3 Å². The monoisotopic (exact) mass is 326 g/mol. The second-order valence-corrected chi connectivity index (χ2v) is 6.08. The largest absolute Gasteiger partial charge is 0.338 e. The van der Waals surface area contributed by atoms with Crippen molar-refractivity contribution in [1.82, 2.24) is 14.7 Å². The van der Waals surface area contributed by atoms with Gasteiger partial charge in [-0.25, -0.2) is 0 Å². The van der Waals surface area contributed by atoms with Gasteiger partial charge in [0.15, 0.2) is 0 Å². The Morgan fingerprint density at radius 2 is 2.08 bits per heavy atom. The zero-order valence-corrected chi connectivity index (χ0v) is 14.0.